The fraction of sp³-hybridized carbons (Fsp3) is 0.611. The summed E-state index contributed by atoms with van der Waals surface area (Å²) in [5.41, 5.74) is 2.03. The standard InChI is InChI=1S/C18H26FN3O.ClH/c1-13-11-15(19)4-5-17(13)22-10-2-3-16(12-22)21-18(23)14-6-8-20-9-7-14;/h4-5,11,14,16,20H,2-3,6-10,12H2,1H3,(H,21,23);1H. The molecule has 134 valence electrons. The molecule has 3 rings (SSSR count). The molecule has 2 fully saturated rings. The molecule has 1 aromatic rings. The fourth-order valence-corrected chi connectivity index (χ4v) is 3.69. The largest absolute Gasteiger partial charge is 0.369 e. The molecule has 0 aliphatic carbocycles. The van der Waals surface area contributed by atoms with E-state index < -0.39 is 0 Å². The van der Waals surface area contributed by atoms with Gasteiger partial charge in [-0.25, -0.2) is 4.39 Å². The van der Waals surface area contributed by atoms with Crippen LogP contribution in [0.15, 0.2) is 18.2 Å². The highest BCUT2D eigenvalue weighted by molar-refractivity contribution is 5.85. The molecule has 1 unspecified atom stereocenters. The Morgan fingerprint density at radius 3 is 2.75 bits per heavy atom. The molecule has 4 nitrogen and oxygen atoms in total. The summed E-state index contributed by atoms with van der Waals surface area (Å²) in [7, 11) is 0. The predicted molar refractivity (Wildman–Crippen MR) is 97.4 cm³/mol. The van der Waals surface area contributed by atoms with Gasteiger partial charge in [-0.15, -0.1) is 12.4 Å². The van der Waals surface area contributed by atoms with Crippen molar-refractivity contribution in [2.75, 3.05) is 31.1 Å². The number of hydrogen-bond acceptors (Lipinski definition) is 3. The van der Waals surface area contributed by atoms with E-state index in [1.807, 2.05) is 13.0 Å². The van der Waals surface area contributed by atoms with Crippen molar-refractivity contribution in [3.05, 3.63) is 29.6 Å². The van der Waals surface area contributed by atoms with Crippen molar-refractivity contribution in [1.82, 2.24) is 10.6 Å². The van der Waals surface area contributed by atoms with Crippen LogP contribution in [0.5, 0.6) is 0 Å². The van der Waals surface area contributed by atoms with Gasteiger partial charge in [0.25, 0.3) is 0 Å². The van der Waals surface area contributed by atoms with Crippen LogP contribution in [0.3, 0.4) is 0 Å². The Morgan fingerprint density at radius 1 is 1.29 bits per heavy atom. The van der Waals surface area contributed by atoms with E-state index in [1.165, 1.54) is 6.07 Å². The Hall–Kier alpha value is -1.33. The predicted octanol–water partition coefficient (Wildman–Crippen LogP) is 2.64. The molecule has 2 saturated heterocycles. The van der Waals surface area contributed by atoms with Gasteiger partial charge >= 0.3 is 0 Å². The van der Waals surface area contributed by atoms with Gasteiger partial charge in [0.05, 0.1) is 0 Å². The summed E-state index contributed by atoms with van der Waals surface area (Å²) in [6, 6.07) is 5.13. The Bertz CT molecular complexity index is 563. The van der Waals surface area contributed by atoms with Crippen molar-refractivity contribution in [3.63, 3.8) is 0 Å². The van der Waals surface area contributed by atoms with Crippen LogP contribution >= 0.6 is 12.4 Å². The van der Waals surface area contributed by atoms with Gasteiger partial charge in [0.1, 0.15) is 5.82 Å². The molecule has 2 aliphatic heterocycles. The molecule has 2 aliphatic rings. The molecule has 1 amide bonds. The molecular formula is C18H27ClFN3O. The van der Waals surface area contributed by atoms with E-state index in [-0.39, 0.29) is 36.1 Å². The Labute approximate surface area is 149 Å². The molecule has 2 N–H and O–H groups in total. The number of hydrogen-bond donors (Lipinski definition) is 2. The Kier molecular flexibility index (Phi) is 6.87. The number of aryl methyl sites for hydroxylation is 1. The van der Waals surface area contributed by atoms with E-state index in [4.69, 9.17) is 0 Å². The molecule has 24 heavy (non-hydrogen) atoms. The number of rotatable bonds is 3. The fourth-order valence-electron chi connectivity index (χ4n) is 3.69. The summed E-state index contributed by atoms with van der Waals surface area (Å²) in [5, 5.41) is 6.53. The number of nitrogens with zero attached hydrogens (tertiary/aromatic N) is 1. The molecule has 0 radical (unpaired) electrons. The highest BCUT2D eigenvalue weighted by Crippen LogP contribution is 2.25. The van der Waals surface area contributed by atoms with Crippen molar-refractivity contribution >= 4 is 24.0 Å². The Morgan fingerprint density at radius 2 is 2.04 bits per heavy atom. The molecule has 2 heterocycles. The smallest absolute Gasteiger partial charge is 0.223 e. The topological polar surface area (TPSA) is 44.4 Å². The van der Waals surface area contributed by atoms with Crippen LogP contribution in [0.2, 0.25) is 0 Å². The zero-order valence-corrected chi connectivity index (χ0v) is 15.0. The molecular weight excluding hydrogens is 329 g/mol. The Balaban J connectivity index is 0.00000208. The van der Waals surface area contributed by atoms with Crippen LogP contribution in [0.25, 0.3) is 0 Å². The van der Waals surface area contributed by atoms with E-state index in [0.29, 0.717) is 0 Å². The van der Waals surface area contributed by atoms with Crippen LogP contribution in [-0.2, 0) is 4.79 Å². The number of piperidine rings is 2. The van der Waals surface area contributed by atoms with Crippen molar-refractivity contribution in [2.24, 2.45) is 5.92 Å². The second-order valence-corrected chi connectivity index (χ2v) is 6.75. The second-order valence-electron chi connectivity index (χ2n) is 6.75. The van der Waals surface area contributed by atoms with Crippen LogP contribution in [0, 0.1) is 18.7 Å². The summed E-state index contributed by atoms with van der Waals surface area (Å²) in [5.74, 6) is 0.160. The maximum Gasteiger partial charge on any atom is 0.223 e. The molecule has 0 spiro atoms. The summed E-state index contributed by atoms with van der Waals surface area (Å²) in [6.45, 7) is 5.58. The lowest BCUT2D eigenvalue weighted by molar-refractivity contribution is -0.126. The third kappa shape index (κ3) is 4.61. The van der Waals surface area contributed by atoms with Gasteiger partial charge in [0, 0.05) is 30.7 Å². The number of amides is 1. The summed E-state index contributed by atoms with van der Waals surface area (Å²) < 4.78 is 13.3. The van der Waals surface area contributed by atoms with Gasteiger partial charge in [-0.05, 0) is 69.5 Å². The highest BCUT2D eigenvalue weighted by atomic mass is 35.5. The molecule has 0 bridgehead atoms. The normalized spacial score (nSPS) is 21.9. The number of carbonyl (C=O) groups is 1. The van der Waals surface area contributed by atoms with Crippen molar-refractivity contribution in [3.8, 4) is 0 Å². The highest BCUT2D eigenvalue weighted by Gasteiger charge is 2.26. The van der Waals surface area contributed by atoms with Gasteiger partial charge in [-0.2, -0.15) is 0 Å². The summed E-state index contributed by atoms with van der Waals surface area (Å²) in [4.78, 5) is 14.7. The number of nitrogens with one attached hydrogen (secondary N) is 2. The molecule has 0 saturated carbocycles. The maximum absolute atomic E-state index is 13.3. The van der Waals surface area contributed by atoms with Gasteiger partial charge in [0.15, 0.2) is 0 Å². The first-order valence-electron chi connectivity index (χ1n) is 8.65. The lowest BCUT2D eigenvalue weighted by Crippen LogP contribution is -2.50. The number of carbonyl (C=O) groups excluding carboxylic acids is 1. The SMILES string of the molecule is Cc1cc(F)ccc1N1CCCC(NC(=O)C2CCNCC2)C1.Cl. The van der Waals surface area contributed by atoms with Crippen LogP contribution in [0.1, 0.15) is 31.2 Å². The third-order valence-electron chi connectivity index (χ3n) is 4.98. The number of benzene rings is 1. The average molecular weight is 356 g/mol. The zero-order valence-electron chi connectivity index (χ0n) is 14.2. The lowest BCUT2D eigenvalue weighted by atomic mass is 9.96. The first-order valence-corrected chi connectivity index (χ1v) is 8.65. The van der Waals surface area contributed by atoms with Crippen molar-refractivity contribution < 1.29 is 9.18 Å². The minimum atomic E-state index is -0.195. The van der Waals surface area contributed by atoms with Crippen molar-refractivity contribution in [1.29, 1.82) is 0 Å². The maximum atomic E-state index is 13.3. The van der Waals surface area contributed by atoms with E-state index in [9.17, 15) is 9.18 Å². The van der Waals surface area contributed by atoms with Crippen molar-refractivity contribution in [2.45, 2.75) is 38.6 Å². The summed E-state index contributed by atoms with van der Waals surface area (Å²) in [6.07, 6.45) is 3.93. The van der Waals surface area contributed by atoms with Crippen LogP contribution in [0.4, 0.5) is 10.1 Å². The quantitative estimate of drug-likeness (QED) is 0.876. The van der Waals surface area contributed by atoms with Crippen LogP contribution < -0.4 is 15.5 Å². The van der Waals surface area contributed by atoms with Gasteiger partial charge in [-0.3, -0.25) is 4.79 Å². The zero-order chi connectivity index (χ0) is 16.2. The molecule has 0 aromatic heterocycles. The summed E-state index contributed by atoms with van der Waals surface area (Å²) >= 11 is 0. The third-order valence-corrected chi connectivity index (χ3v) is 4.98. The van der Waals surface area contributed by atoms with Crippen LogP contribution in [-0.4, -0.2) is 38.1 Å². The van der Waals surface area contributed by atoms with E-state index in [1.54, 1.807) is 6.07 Å². The molecule has 1 atom stereocenters. The van der Waals surface area contributed by atoms with Gasteiger partial charge < -0.3 is 15.5 Å². The minimum Gasteiger partial charge on any atom is -0.369 e. The van der Waals surface area contributed by atoms with Gasteiger partial charge in [-0.1, -0.05) is 0 Å². The second kappa shape index (κ2) is 8.67. The van der Waals surface area contributed by atoms with E-state index in [2.05, 4.69) is 15.5 Å². The number of anilines is 1. The van der Waals surface area contributed by atoms with Gasteiger partial charge in [0.2, 0.25) is 5.91 Å². The first kappa shape index (κ1) is 19.0. The van der Waals surface area contributed by atoms with E-state index >= 15 is 0 Å². The monoisotopic (exact) mass is 355 g/mol. The minimum absolute atomic E-state index is 0. The van der Waals surface area contributed by atoms with E-state index in [0.717, 1.165) is 63.1 Å². The first-order chi connectivity index (χ1) is 11.1. The molecule has 6 heteroatoms. The average Bonchev–Trinajstić information content (AvgIpc) is 2.56. The lowest BCUT2D eigenvalue weighted by Gasteiger charge is -2.36. The molecule has 1 aromatic carbocycles. The number of halogens is 2.